The lowest BCUT2D eigenvalue weighted by Gasteiger charge is -2.20. The minimum absolute atomic E-state index is 0.210. The second-order valence-corrected chi connectivity index (χ2v) is 4.67. The fourth-order valence-corrected chi connectivity index (χ4v) is 1.73. The number of rotatable bonds is 3. The second-order valence-electron chi connectivity index (χ2n) is 4.67. The van der Waals surface area contributed by atoms with Crippen LogP contribution in [0.4, 0.5) is 17.6 Å². The van der Waals surface area contributed by atoms with Crippen molar-refractivity contribution in [1.29, 1.82) is 0 Å². The summed E-state index contributed by atoms with van der Waals surface area (Å²) in [6.07, 6.45) is -5.90. The van der Waals surface area contributed by atoms with Crippen LogP contribution in [0.3, 0.4) is 0 Å². The summed E-state index contributed by atoms with van der Waals surface area (Å²) in [5, 5.41) is 0. The van der Waals surface area contributed by atoms with Crippen LogP contribution in [0.2, 0.25) is 0 Å². The van der Waals surface area contributed by atoms with E-state index in [0.29, 0.717) is 18.4 Å². The van der Waals surface area contributed by atoms with Gasteiger partial charge in [-0.2, -0.15) is 13.2 Å². The van der Waals surface area contributed by atoms with E-state index in [0.717, 1.165) is 6.07 Å². The zero-order valence-electron chi connectivity index (χ0n) is 10.1. The minimum Gasteiger partial charge on any atom is -0.449 e. The van der Waals surface area contributed by atoms with Crippen LogP contribution in [0.1, 0.15) is 28.8 Å². The van der Waals surface area contributed by atoms with E-state index in [9.17, 15) is 22.4 Å². The molecule has 0 N–H and O–H groups in total. The summed E-state index contributed by atoms with van der Waals surface area (Å²) < 4.78 is 55.8. The van der Waals surface area contributed by atoms with Crippen LogP contribution >= 0.6 is 0 Å². The quantitative estimate of drug-likeness (QED) is 0.622. The lowest BCUT2D eigenvalue weighted by atomic mass is 10.1. The van der Waals surface area contributed by atoms with E-state index in [-0.39, 0.29) is 5.56 Å². The maximum absolute atomic E-state index is 13.3. The van der Waals surface area contributed by atoms with Gasteiger partial charge in [0.25, 0.3) is 0 Å². The van der Waals surface area contributed by atoms with Gasteiger partial charge in [0.2, 0.25) is 0 Å². The van der Waals surface area contributed by atoms with Gasteiger partial charge in [-0.1, -0.05) is 6.07 Å². The van der Waals surface area contributed by atoms with Crippen molar-refractivity contribution in [1.82, 2.24) is 0 Å². The molecule has 0 saturated heterocycles. The van der Waals surface area contributed by atoms with Crippen molar-refractivity contribution in [3.05, 3.63) is 35.1 Å². The Bertz CT molecular complexity index is 492. The first-order valence-corrected chi connectivity index (χ1v) is 5.83. The Balaban J connectivity index is 2.13. The van der Waals surface area contributed by atoms with E-state index in [1.807, 2.05) is 0 Å². The molecule has 0 aromatic heterocycles. The first-order valence-electron chi connectivity index (χ1n) is 5.83. The Hall–Kier alpha value is -1.59. The average molecular weight is 276 g/mol. The maximum Gasteiger partial charge on any atom is 0.425 e. The summed E-state index contributed by atoms with van der Waals surface area (Å²) >= 11 is 0. The number of carbonyl (C=O) groups is 1. The van der Waals surface area contributed by atoms with Gasteiger partial charge in [-0.15, -0.1) is 0 Å². The molecule has 19 heavy (non-hydrogen) atoms. The van der Waals surface area contributed by atoms with Crippen molar-refractivity contribution >= 4 is 5.97 Å². The van der Waals surface area contributed by atoms with E-state index in [4.69, 9.17) is 0 Å². The zero-order chi connectivity index (χ0) is 14.2. The molecule has 1 unspecified atom stereocenters. The molecule has 104 valence electrons. The van der Waals surface area contributed by atoms with Gasteiger partial charge in [-0.3, -0.25) is 0 Å². The summed E-state index contributed by atoms with van der Waals surface area (Å²) in [6, 6.07) is 3.46. The molecule has 0 spiro atoms. The number of benzene rings is 1. The largest absolute Gasteiger partial charge is 0.449 e. The molecule has 0 aliphatic heterocycles. The van der Waals surface area contributed by atoms with Crippen LogP contribution in [0, 0.1) is 18.7 Å². The van der Waals surface area contributed by atoms with Crippen LogP contribution in [0.25, 0.3) is 0 Å². The minimum atomic E-state index is -4.58. The normalized spacial score (nSPS) is 17.1. The highest BCUT2D eigenvalue weighted by Crippen LogP contribution is 2.42. The topological polar surface area (TPSA) is 26.3 Å². The highest BCUT2D eigenvalue weighted by Gasteiger charge is 2.51. The number of hydrogen-bond acceptors (Lipinski definition) is 2. The molecular formula is C13H12F4O2. The number of hydrogen-bond donors (Lipinski definition) is 0. The van der Waals surface area contributed by atoms with Crippen LogP contribution in [0.5, 0.6) is 0 Å². The van der Waals surface area contributed by atoms with E-state index in [1.165, 1.54) is 19.1 Å². The Kier molecular flexibility index (Phi) is 3.52. The molecule has 0 heterocycles. The monoisotopic (exact) mass is 276 g/mol. The SMILES string of the molecule is Cc1ccc(C(=O)OC(C2CC2)C(F)(F)F)cc1F. The Labute approximate surface area is 107 Å². The van der Waals surface area contributed by atoms with Gasteiger partial charge in [0, 0.05) is 5.92 Å². The van der Waals surface area contributed by atoms with E-state index in [2.05, 4.69) is 4.74 Å². The average Bonchev–Trinajstić information content (AvgIpc) is 3.11. The van der Waals surface area contributed by atoms with Gasteiger partial charge in [-0.05, 0) is 37.5 Å². The third kappa shape index (κ3) is 3.24. The second kappa shape index (κ2) is 4.83. The number of alkyl halides is 3. The first kappa shape index (κ1) is 13.8. The molecule has 0 amide bonds. The number of esters is 1. The summed E-state index contributed by atoms with van der Waals surface area (Å²) in [7, 11) is 0. The molecule has 1 fully saturated rings. The number of ether oxygens (including phenoxy) is 1. The fraction of sp³-hybridized carbons (Fsp3) is 0.462. The lowest BCUT2D eigenvalue weighted by molar-refractivity contribution is -0.210. The molecule has 1 aromatic rings. The summed E-state index contributed by atoms with van der Waals surface area (Å²) in [5.74, 6) is -2.46. The Morgan fingerprint density at radius 1 is 1.37 bits per heavy atom. The molecule has 0 radical (unpaired) electrons. The predicted molar refractivity (Wildman–Crippen MR) is 59.1 cm³/mol. The van der Waals surface area contributed by atoms with Crippen LogP contribution in [-0.2, 0) is 4.74 Å². The van der Waals surface area contributed by atoms with Gasteiger partial charge < -0.3 is 4.74 Å². The highest BCUT2D eigenvalue weighted by molar-refractivity contribution is 5.89. The number of halogens is 4. The molecule has 2 nitrogen and oxygen atoms in total. The summed E-state index contributed by atoms with van der Waals surface area (Å²) in [5.41, 5.74) is 0.101. The first-order chi connectivity index (χ1) is 8.79. The predicted octanol–water partition coefficient (Wildman–Crippen LogP) is 3.63. The molecule has 6 heteroatoms. The standard InChI is InChI=1S/C13H12F4O2/c1-7-2-3-9(6-10(7)14)12(18)19-11(8-4-5-8)13(15,16)17/h2-3,6,8,11H,4-5H2,1H3. The molecule has 1 aliphatic carbocycles. The molecule has 0 bridgehead atoms. The zero-order valence-corrected chi connectivity index (χ0v) is 10.1. The maximum atomic E-state index is 13.3. The van der Waals surface area contributed by atoms with E-state index >= 15 is 0 Å². The number of aryl methyl sites for hydroxylation is 1. The van der Waals surface area contributed by atoms with Crippen molar-refractivity contribution in [3.63, 3.8) is 0 Å². The fourth-order valence-electron chi connectivity index (χ4n) is 1.73. The molecule has 1 saturated carbocycles. The van der Waals surface area contributed by atoms with Gasteiger partial charge in [0.1, 0.15) is 5.82 Å². The molecule has 1 atom stereocenters. The van der Waals surface area contributed by atoms with Gasteiger partial charge in [0.15, 0.2) is 6.10 Å². The van der Waals surface area contributed by atoms with Crippen molar-refractivity contribution in [2.75, 3.05) is 0 Å². The third-order valence-electron chi connectivity index (χ3n) is 3.01. The summed E-state index contributed by atoms with van der Waals surface area (Å²) in [6.45, 7) is 1.49. The van der Waals surface area contributed by atoms with Crippen LogP contribution in [-0.4, -0.2) is 18.2 Å². The van der Waals surface area contributed by atoms with Crippen molar-refractivity contribution in [3.8, 4) is 0 Å². The van der Waals surface area contributed by atoms with Crippen molar-refractivity contribution in [2.24, 2.45) is 5.92 Å². The van der Waals surface area contributed by atoms with Crippen molar-refractivity contribution < 1.29 is 27.1 Å². The van der Waals surface area contributed by atoms with Crippen LogP contribution in [0.15, 0.2) is 18.2 Å². The van der Waals surface area contributed by atoms with Crippen molar-refractivity contribution in [2.45, 2.75) is 32.0 Å². The van der Waals surface area contributed by atoms with E-state index in [1.54, 1.807) is 0 Å². The lowest BCUT2D eigenvalue weighted by Crippen LogP contribution is -2.35. The smallest absolute Gasteiger partial charge is 0.425 e. The summed E-state index contributed by atoms with van der Waals surface area (Å²) in [4.78, 5) is 11.6. The van der Waals surface area contributed by atoms with E-state index < -0.39 is 30.0 Å². The third-order valence-corrected chi connectivity index (χ3v) is 3.01. The molecule has 1 aromatic carbocycles. The van der Waals surface area contributed by atoms with Gasteiger partial charge in [-0.25, -0.2) is 9.18 Å². The van der Waals surface area contributed by atoms with Gasteiger partial charge >= 0.3 is 12.1 Å². The Morgan fingerprint density at radius 2 is 2.00 bits per heavy atom. The number of carbonyl (C=O) groups excluding carboxylic acids is 1. The van der Waals surface area contributed by atoms with Crippen LogP contribution < -0.4 is 0 Å². The highest BCUT2D eigenvalue weighted by atomic mass is 19.4. The molecular weight excluding hydrogens is 264 g/mol. The van der Waals surface area contributed by atoms with Gasteiger partial charge in [0.05, 0.1) is 5.56 Å². The molecule has 1 aliphatic rings. The molecule has 2 rings (SSSR count). The Morgan fingerprint density at radius 3 is 2.47 bits per heavy atom.